The summed E-state index contributed by atoms with van der Waals surface area (Å²) in [6, 6.07) is 18.2. The Morgan fingerprint density at radius 1 is 0.973 bits per heavy atom. The van der Waals surface area contributed by atoms with E-state index in [1.165, 1.54) is 58.4 Å². The molecule has 193 valence electrons. The summed E-state index contributed by atoms with van der Waals surface area (Å²) in [5, 5.41) is 1.59. The van der Waals surface area contributed by atoms with Gasteiger partial charge in [0.1, 0.15) is 5.76 Å². The standard InChI is InChI=1S/C22H25.C10H12OSi.2ClH.Zr/c1-4-5-7-17-10-12-18(13-11-17)21-9-6-8-19-14-20(16(2)3)15-22(19)21;1-6-9-7-4-5-11-8(7)10(6)12(9,2)3;;;/h6,8-16H,4-5,7H2,1-3H3;4-5,9H,1-3H3;2*1H;/q;;;;+2/p-2. The average molecular weight is 628 g/mol. The van der Waals surface area contributed by atoms with Crippen LogP contribution >= 0.6 is 0 Å². The topological polar surface area (TPSA) is 13.1 Å². The van der Waals surface area contributed by atoms with E-state index in [0.717, 1.165) is 5.54 Å². The molecule has 7 rings (SSSR count). The van der Waals surface area contributed by atoms with Gasteiger partial charge >= 0.3 is 156 Å². The first-order valence-electron chi connectivity index (χ1n) is 13.2. The maximum Gasteiger partial charge on any atom is -1.00 e. The van der Waals surface area contributed by atoms with Crippen LogP contribution in [0.2, 0.25) is 13.1 Å². The summed E-state index contributed by atoms with van der Waals surface area (Å²) in [5.41, 5.74) is 12.6. The number of aryl methyl sites for hydroxylation is 1. The number of allylic oxidation sites excluding steroid dienone is 2. The first-order chi connectivity index (χ1) is 16.8. The van der Waals surface area contributed by atoms with Gasteiger partial charge in [-0.05, 0) is 18.2 Å². The van der Waals surface area contributed by atoms with Gasteiger partial charge in [0.15, 0.2) is 0 Å². The minimum absolute atomic E-state index is 0. The third kappa shape index (κ3) is 5.23. The average Bonchev–Trinajstić information content (AvgIpc) is 3.54. The summed E-state index contributed by atoms with van der Waals surface area (Å²) in [5.74, 6) is 1.85. The van der Waals surface area contributed by atoms with Crippen LogP contribution in [0, 0.1) is 5.92 Å². The van der Waals surface area contributed by atoms with Crippen molar-refractivity contribution in [3.63, 3.8) is 0 Å². The fourth-order valence-corrected chi connectivity index (χ4v) is 12.4. The molecular formula is C32H37Cl2OSiZr. The first-order valence-corrected chi connectivity index (χ1v) is 17.7. The van der Waals surface area contributed by atoms with Crippen molar-refractivity contribution in [2.75, 3.05) is 0 Å². The van der Waals surface area contributed by atoms with Crippen LogP contribution in [-0.4, -0.2) is 8.07 Å². The molecule has 4 aliphatic rings. The normalized spacial score (nSPS) is 19.6. The smallest absolute Gasteiger partial charge is 1.00 e. The van der Waals surface area contributed by atoms with E-state index in [-0.39, 0.29) is 24.8 Å². The molecule has 0 radical (unpaired) electrons. The van der Waals surface area contributed by atoms with Crippen LogP contribution in [0.4, 0.5) is 0 Å². The molecule has 1 aromatic heterocycles. The van der Waals surface area contributed by atoms with Gasteiger partial charge in [0.25, 0.3) is 0 Å². The molecule has 0 N–H and O–H groups in total. The number of furan rings is 1. The Morgan fingerprint density at radius 3 is 2.27 bits per heavy atom. The zero-order valence-electron chi connectivity index (χ0n) is 22.8. The molecule has 0 saturated heterocycles. The van der Waals surface area contributed by atoms with Gasteiger partial charge in [-0.2, -0.15) is 0 Å². The summed E-state index contributed by atoms with van der Waals surface area (Å²) in [4.78, 5) is 0. The van der Waals surface area contributed by atoms with Crippen molar-refractivity contribution in [3.8, 4) is 11.1 Å². The number of halogens is 2. The molecule has 2 aliphatic heterocycles. The molecule has 1 nitrogen and oxygen atoms in total. The molecule has 5 heteroatoms. The molecule has 3 heterocycles. The number of fused-ring (bicyclic) bond motifs is 1. The van der Waals surface area contributed by atoms with Gasteiger partial charge in [-0.15, -0.1) is 0 Å². The molecule has 0 fully saturated rings. The van der Waals surface area contributed by atoms with E-state index in [1.54, 1.807) is 41.1 Å². The van der Waals surface area contributed by atoms with Crippen molar-refractivity contribution in [3.05, 3.63) is 94.0 Å². The van der Waals surface area contributed by atoms with Crippen LogP contribution in [0.1, 0.15) is 77.7 Å². The van der Waals surface area contributed by atoms with Gasteiger partial charge in [-0.1, -0.05) is 18.7 Å². The molecule has 3 aromatic rings. The Balaban J connectivity index is 0.000000229. The molecule has 2 aromatic carbocycles. The van der Waals surface area contributed by atoms with Crippen molar-refractivity contribution in [1.82, 2.24) is 0 Å². The Hall–Kier alpha value is -1.12. The second-order valence-corrected chi connectivity index (χ2v) is 17.2. The van der Waals surface area contributed by atoms with E-state index < -0.39 is 8.07 Å². The number of benzene rings is 2. The molecule has 0 spiro atoms. The maximum atomic E-state index is 5.51. The summed E-state index contributed by atoms with van der Waals surface area (Å²) in [6.45, 7) is 14.0. The SMILES string of the molecule is CC1=C2c3occc3C1[Si]2(C)C.CCCCc1ccc(-c2cccc3c2C=C(C(C)C)[CH]3[Zr+2])cc1.[Cl-].[Cl-]. The summed E-state index contributed by atoms with van der Waals surface area (Å²) < 4.78 is 6.15. The van der Waals surface area contributed by atoms with Crippen molar-refractivity contribution < 1.29 is 54.0 Å². The predicted octanol–water partition coefficient (Wildman–Crippen LogP) is 3.30. The predicted molar refractivity (Wildman–Crippen MR) is 148 cm³/mol. The summed E-state index contributed by atoms with van der Waals surface area (Å²) >= 11 is 1.60. The Bertz CT molecular complexity index is 1320. The number of rotatable bonds is 5. The van der Waals surface area contributed by atoms with E-state index in [2.05, 4.69) is 95.4 Å². The van der Waals surface area contributed by atoms with Crippen LogP contribution in [0.25, 0.3) is 22.4 Å². The molecule has 2 unspecified atom stereocenters. The van der Waals surface area contributed by atoms with Crippen molar-refractivity contribution in [1.29, 1.82) is 0 Å². The van der Waals surface area contributed by atoms with Crippen LogP contribution < -0.4 is 24.8 Å². The van der Waals surface area contributed by atoms with Gasteiger partial charge in [0.2, 0.25) is 0 Å². The zero-order chi connectivity index (χ0) is 24.9. The van der Waals surface area contributed by atoms with Crippen LogP contribution in [0.3, 0.4) is 0 Å². The van der Waals surface area contributed by atoms with Gasteiger partial charge in [-0.25, -0.2) is 0 Å². The number of hydrogen-bond acceptors (Lipinski definition) is 1. The van der Waals surface area contributed by atoms with Gasteiger partial charge < -0.3 is 29.2 Å². The van der Waals surface area contributed by atoms with E-state index >= 15 is 0 Å². The van der Waals surface area contributed by atoms with Crippen molar-refractivity contribution in [2.24, 2.45) is 5.92 Å². The largest absolute Gasteiger partial charge is 1.00 e. The Morgan fingerprint density at radius 2 is 1.68 bits per heavy atom. The third-order valence-electron chi connectivity index (χ3n) is 8.27. The second kappa shape index (κ2) is 12.0. The van der Waals surface area contributed by atoms with E-state index in [9.17, 15) is 0 Å². The quantitative estimate of drug-likeness (QED) is 0.396. The van der Waals surface area contributed by atoms with Crippen LogP contribution in [0.5, 0.6) is 0 Å². The molecule has 0 saturated carbocycles. The molecule has 2 bridgehead atoms. The Labute approximate surface area is 251 Å². The number of hydrogen-bond donors (Lipinski definition) is 0. The van der Waals surface area contributed by atoms with Gasteiger partial charge in [-0.3, -0.25) is 0 Å². The fraction of sp³-hybridized carbons (Fsp3) is 0.375. The van der Waals surface area contributed by atoms with Crippen LogP contribution in [0.15, 0.2) is 70.4 Å². The molecule has 37 heavy (non-hydrogen) atoms. The molecular weight excluding hydrogens is 591 g/mol. The number of unbranched alkanes of at least 4 members (excludes halogenated alkanes) is 1. The maximum absolute atomic E-state index is 5.51. The van der Waals surface area contributed by atoms with Crippen molar-refractivity contribution >= 4 is 19.3 Å². The first kappa shape index (κ1) is 30.4. The van der Waals surface area contributed by atoms with Gasteiger partial charge in [0.05, 0.1) is 14.3 Å². The van der Waals surface area contributed by atoms with Gasteiger partial charge in [0, 0.05) is 11.1 Å². The zero-order valence-corrected chi connectivity index (χ0v) is 27.8. The minimum atomic E-state index is -1.08. The summed E-state index contributed by atoms with van der Waals surface area (Å²) in [7, 11) is -1.08. The minimum Gasteiger partial charge on any atom is -1.00 e. The molecule has 2 aliphatic carbocycles. The van der Waals surface area contributed by atoms with Crippen molar-refractivity contribution in [2.45, 2.75) is 69.2 Å². The molecule has 0 amide bonds. The second-order valence-electron chi connectivity index (χ2n) is 11.3. The third-order valence-corrected chi connectivity index (χ3v) is 14.0. The van der Waals surface area contributed by atoms with E-state index in [4.69, 9.17) is 4.42 Å². The monoisotopic (exact) mass is 625 g/mol. The molecule has 2 atom stereocenters. The van der Waals surface area contributed by atoms with E-state index in [0.29, 0.717) is 9.54 Å². The Kier molecular flexibility index (Phi) is 9.83. The van der Waals surface area contributed by atoms with Crippen LogP contribution in [-0.2, 0) is 31.1 Å². The van der Waals surface area contributed by atoms with E-state index in [1.807, 2.05) is 6.26 Å². The summed E-state index contributed by atoms with van der Waals surface area (Å²) in [6.07, 6.45) is 8.02. The fourth-order valence-electron chi connectivity index (χ4n) is 6.51.